The second-order valence-corrected chi connectivity index (χ2v) is 0.899. The van der Waals surface area contributed by atoms with E-state index in [0.717, 1.165) is 0 Å². The van der Waals surface area contributed by atoms with Gasteiger partial charge in [0.05, 0.1) is 0 Å². The van der Waals surface area contributed by atoms with Gasteiger partial charge in [-0.15, -0.1) is 0 Å². The molecule has 5 heteroatoms. The highest BCUT2D eigenvalue weighted by atomic mass is 28.2. The van der Waals surface area contributed by atoms with Gasteiger partial charge in [-0.05, 0) is 0 Å². The zero-order valence-corrected chi connectivity index (χ0v) is 4.17. The van der Waals surface area contributed by atoms with Gasteiger partial charge in [-0.2, -0.15) is 0 Å². The molecule has 1 N–H and O–H groups in total. The Kier molecular flexibility index (Phi) is 2.07. The molecule has 0 aliphatic carbocycles. The van der Waals surface area contributed by atoms with Crippen LogP contribution in [0.5, 0.6) is 0 Å². The quantitative estimate of drug-likeness (QED) is 0.316. The van der Waals surface area contributed by atoms with Crippen LogP contribution in [0.4, 0.5) is 0 Å². The molecule has 0 saturated heterocycles. The number of rotatable bonds is 0. The SMILES string of the molecule is O=C(O)C(=O)O[Si]. The van der Waals surface area contributed by atoms with Crippen LogP contribution in [0.3, 0.4) is 0 Å². The second kappa shape index (κ2) is 2.35. The van der Waals surface area contributed by atoms with Crippen molar-refractivity contribution >= 4 is 22.4 Å². The molecule has 0 aromatic rings. The van der Waals surface area contributed by atoms with Gasteiger partial charge in [0.25, 0.3) is 0 Å². The summed E-state index contributed by atoms with van der Waals surface area (Å²) >= 11 is 0. The molecule has 37 valence electrons. The van der Waals surface area contributed by atoms with Gasteiger partial charge >= 0.3 is 22.4 Å². The Morgan fingerprint density at radius 1 is 1.57 bits per heavy atom. The molecule has 0 bridgehead atoms. The molecule has 0 amide bonds. The zero-order chi connectivity index (χ0) is 5.86. The Morgan fingerprint density at radius 2 is 2.00 bits per heavy atom. The molecule has 0 unspecified atom stereocenters. The van der Waals surface area contributed by atoms with E-state index in [-0.39, 0.29) is 0 Å². The zero-order valence-electron chi connectivity index (χ0n) is 3.17. The van der Waals surface area contributed by atoms with Crippen LogP contribution in [-0.4, -0.2) is 27.5 Å². The number of carbonyl (C=O) groups excluding carboxylic acids is 1. The predicted molar refractivity (Wildman–Crippen MR) is 19.5 cm³/mol. The molecule has 0 atom stereocenters. The largest absolute Gasteiger partial charge is 0.508 e. The number of hydrogen-bond acceptors (Lipinski definition) is 3. The van der Waals surface area contributed by atoms with Crippen molar-refractivity contribution in [3.8, 4) is 0 Å². The number of aliphatic carboxylic acids is 1. The van der Waals surface area contributed by atoms with E-state index in [9.17, 15) is 9.59 Å². The van der Waals surface area contributed by atoms with Crippen LogP contribution in [-0.2, 0) is 14.0 Å². The minimum Gasteiger partial charge on any atom is -0.508 e. The van der Waals surface area contributed by atoms with Crippen molar-refractivity contribution < 1.29 is 19.1 Å². The molecule has 4 nitrogen and oxygen atoms in total. The molecule has 0 aliphatic rings. The number of hydrogen-bond donors (Lipinski definition) is 1. The Bertz CT molecular complexity index is 97.9. The smallest absolute Gasteiger partial charge is 0.413 e. The van der Waals surface area contributed by atoms with Crippen molar-refractivity contribution in [3.05, 3.63) is 0 Å². The number of carboxylic acids is 1. The fourth-order valence-electron chi connectivity index (χ4n) is 0.0437. The van der Waals surface area contributed by atoms with Gasteiger partial charge in [-0.3, -0.25) is 0 Å². The minimum absolute atomic E-state index is 1.32. The number of carboxylic acid groups (broad SMARTS) is 1. The van der Waals surface area contributed by atoms with E-state index in [1.54, 1.807) is 0 Å². The van der Waals surface area contributed by atoms with Crippen LogP contribution in [0, 0.1) is 0 Å². The van der Waals surface area contributed by atoms with Crippen LogP contribution in [0.1, 0.15) is 0 Å². The molecular weight excluding hydrogens is 116 g/mol. The standard InChI is InChI=1S/C2HO4Si/c3-1(4)2(5)6-7/h(H,3,4). The Morgan fingerprint density at radius 3 is 2.00 bits per heavy atom. The first kappa shape index (κ1) is 6.16. The molecule has 0 fully saturated rings. The summed E-state index contributed by atoms with van der Waals surface area (Å²) in [5, 5.41) is 7.68. The maximum atomic E-state index is 9.64. The van der Waals surface area contributed by atoms with Crippen molar-refractivity contribution in [1.82, 2.24) is 0 Å². The molecule has 0 aromatic heterocycles. The van der Waals surface area contributed by atoms with Crippen LogP contribution in [0.2, 0.25) is 0 Å². The van der Waals surface area contributed by atoms with E-state index < -0.39 is 11.9 Å². The highest BCUT2D eigenvalue weighted by Gasteiger charge is 2.07. The summed E-state index contributed by atoms with van der Waals surface area (Å²) in [6, 6.07) is 0. The lowest BCUT2D eigenvalue weighted by Crippen LogP contribution is -2.14. The van der Waals surface area contributed by atoms with Crippen LogP contribution in [0.25, 0.3) is 0 Å². The summed E-state index contributed by atoms with van der Waals surface area (Å²) in [6.07, 6.45) is 0. The van der Waals surface area contributed by atoms with E-state index in [1.165, 1.54) is 0 Å². The molecule has 0 aromatic carbocycles. The normalized spacial score (nSPS) is 7.57. The van der Waals surface area contributed by atoms with Gasteiger partial charge in [0.2, 0.25) is 0 Å². The van der Waals surface area contributed by atoms with E-state index in [0.29, 0.717) is 0 Å². The van der Waals surface area contributed by atoms with E-state index >= 15 is 0 Å². The van der Waals surface area contributed by atoms with Gasteiger partial charge in [0.1, 0.15) is 0 Å². The maximum absolute atomic E-state index is 9.64. The Balaban J connectivity index is 3.58. The molecule has 0 spiro atoms. The third-order valence-corrected chi connectivity index (χ3v) is 0.453. The second-order valence-electron chi connectivity index (χ2n) is 0.695. The van der Waals surface area contributed by atoms with Gasteiger partial charge in [-0.25, -0.2) is 9.59 Å². The summed E-state index contributed by atoms with van der Waals surface area (Å²) in [5.74, 6) is -2.94. The lowest BCUT2D eigenvalue weighted by molar-refractivity contribution is -0.157. The fourth-order valence-corrected chi connectivity index (χ4v) is 0.131. The monoisotopic (exact) mass is 117 g/mol. The lowest BCUT2D eigenvalue weighted by atomic mass is 10.7. The molecule has 0 saturated carbocycles. The fraction of sp³-hybridized carbons (Fsp3) is 0. The van der Waals surface area contributed by atoms with Gasteiger partial charge in [0.15, 0.2) is 0 Å². The predicted octanol–water partition coefficient (Wildman–Crippen LogP) is -1.30. The molecule has 0 aliphatic heterocycles. The van der Waals surface area contributed by atoms with Gasteiger partial charge in [-0.1, -0.05) is 0 Å². The topological polar surface area (TPSA) is 63.6 Å². The Labute approximate surface area is 42.6 Å². The molecule has 7 heavy (non-hydrogen) atoms. The first-order chi connectivity index (χ1) is 3.18. The number of carbonyl (C=O) groups is 2. The molecule has 0 heterocycles. The first-order valence-corrected chi connectivity index (χ1v) is 1.70. The summed E-state index contributed by atoms with van der Waals surface area (Å²) in [6.45, 7) is 0. The van der Waals surface area contributed by atoms with E-state index in [4.69, 9.17) is 5.11 Å². The molecular formula is C2HO4Si. The van der Waals surface area contributed by atoms with Crippen LogP contribution >= 0.6 is 0 Å². The van der Waals surface area contributed by atoms with E-state index in [2.05, 4.69) is 14.9 Å². The maximum Gasteiger partial charge on any atom is 0.413 e. The Hall–Kier alpha value is -0.843. The third kappa shape index (κ3) is 1.93. The van der Waals surface area contributed by atoms with Crippen molar-refractivity contribution in [3.63, 3.8) is 0 Å². The minimum atomic E-state index is -1.62. The van der Waals surface area contributed by atoms with Crippen molar-refractivity contribution in [2.24, 2.45) is 0 Å². The van der Waals surface area contributed by atoms with E-state index in [1.807, 2.05) is 0 Å². The third-order valence-electron chi connectivity index (χ3n) is 0.267. The average molecular weight is 117 g/mol. The molecule has 0 rings (SSSR count). The first-order valence-electron chi connectivity index (χ1n) is 1.29. The van der Waals surface area contributed by atoms with Gasteiger partial charge < -0.3 is 9.53 Å². The van der Waals surface area contributed by atoms with Crippen LogP contribution < -0.4 is 0 Å². The summed E-state index contributed by atoms with van der Waals surface area (Å²) in [7, 11) is 2.23. The van der Waals surface area contributed by atoms with Crippen molar-refractivity contribution in [1.29, 1.82) is 0 Å². The van der Waals surface area contributed by atoms with Crippen LogP contribution in [0.15, 0.2) is 0 Å². The van der Waals surface area contributed by atoms with Crippen molar-refractivity contribution in [2.75, 3.05) is 0 Å². The molecule has 3 radical (unpaired) electrons. The summed E-state index contributed by atoms with van der Waals surface area (Å²) in [5.41, 5.74) is 0. The highest BCUT2D eigenvalue weighted by molar-refractivity contribution is 6.32. The average Bonchev–Trinajstić information content (AvgIpc) is 1.65. The lowest BCUT2D eigenvalue weighted by Gasteiger charge is -1.85. The van der Waals surface area contributed by atoms with Gasteiger partial charge in [0, 0.05) is 0 Å². The highest BCUT2D eigenvalue weighted by Crippen LogP contribution is 1.67. The summed E-state index contributed by atoms with van der Waals surface area (Å²) in [4.78, 5) is 19.1. The summed E-state index contributed by atoms with van der Waals surface area (Å²) < 4.78 is 3.58. The van der Waals surface area contributed by atoms with Crippen molar-refractivity contribution in [2.45, 2.75) is 0 Å².